The van der Waals surface area contributed by atoms with E-state index < -0.39 is 17.9 Å². The maximum atomic E-state index is 14.1. The van der Waals surface area contributed by atoms with E-state index in [4.69, 9.17) is 15.2 Å². The van der Waals surface area contributed by atoms with E-state index in [1.807, 2.05) is 24.3 Å². The van der Waals surface area contributed by atoms with Gasteiger partial charge in [0.2, 0.25) is 11.8 Å². The van der Waals surface area contributed by atoms with E-state index in [1.165, 1.54) is 0 Å². The highest BCUT2D eigenvalue weighted by molar-refractivity contribution is 5.99. The summed E-state index contributed by atoms with van der Waals surface area (Å²) in [6, 6.07) is 17.1. The average Bonchev–Trinajstić information content (AvgIpc) is 3.46. The monoisotopic (exact) mass is 471 g/mol. The molecule has 0 radical (unpaired) electrons. The fraction of sp³-hybridized carbons (Fsp3) is 0.259. The average molecular weight is 472 g/mol. The van der Waals surface area contributed by atoms with Crippen LogP contribution in [-0.4, -0.2) is 52.8 Å². The summed E-state index contributed by atoms with van der Waals surface area (Å²) in [4.78, 5) is 44.9. The van der Waals surface area contributed by atoms with Gasteiger partial charge in [-0.2, -0.15) is 0 Å². The number of Topliss-reactive ketones (excluding diaryl/α,β-unsaturated/α-hetero) is 1. The summed E-state index contributed by atoms with van der Waals surface area (Å²) in [7, 11) is 0. The molecule has 2 amide bonds. The second-order valence-corrected chi connectivity index (χ2v) is 8.70. The van der Waals surface area contributed by atoms with Crippen molar-refractivity contribution in [1.82, 2.24) is 9.88 Å². The maximum absolute atomic E-state index is 14.1. The highest BCUT2D eigenvalue weighted by atomic mass is 16.5. The summed E-state index contributed by atoms with van der Waals surface area (Å²) in [6.45, 7) is 0.406. The third-order valence-corrected chi connectivity index (χ3v) is 6.51. The molecule has 2 N–H and O–H groups in total. The van der Waals surface area contributed by atoms with E-state index in [1.54, 1.807) is 53.7 Å². The van der Waals surface area contributed by atoms with Crippen molar-refractivity contribution >= 4 is 17.6 Å². The van der Waals surface area contributed by atoms with Crippen molar-refractivity contribution in [3.63, 3.8) is 0 Å². The van der Waals surface area contributed by atoms with Crippen molar-refractivity contribution in [3.8, 4) is 11.5 Å². The zero-order chi connectivity index (χ0) is 24.4. The number of pyridine rings is 1. The fourth-order valence-electron chi connectivity index (χ4n) is 4.93. The van der Waals surface area contributed by atoms with Crippen molar-refractivity contribution in [2.45, 2.75) is 30.9 Å². The third kappa shape index (κ3) is 4.52. The Morgan fingerprint density at radius 2 is 1.94 bits per heavy atom. The van der Waals surface area contributed by atoms with Crippen LogP contribution in [0.5, 0.6) is 11.5 Å². The molecule has 8 nitrogen and oxygen atoms in total. The van der Waals surface area contributed by atoms with Crippen LogP contribution in [0.1, 0.15) is 33.8 Å². The Morgan fingerprint density at radius 3 is 2.69 bits per heavy atom. The molecule has 3 unspecified atom stereocenters. The summed E-state index contributed by atoms with van der Waals surface area (Å²) in [5.41, 5.74) is 7.16. The first-order valence-corrected chi connectivity index (χ1v) is 11.5. The summed E-state index contributed by atoms with van der Waals surface area (Å²) in [6.07, 6.45) is 3.89. The van der Waals surface area contributed by atoms with Gasteiger partial charge < -0.3 is 20.1 Å². The van der Waals surface area contributed by atoms with E-state index >= 15 is 0 Å². The maximum Gasteiger partial charge on any atom is 0.249 e. The molecule has 2 aliphatic heterocycles. The Morgan fingerprint density at radius 1 is 1.11 bits per heavy atom. The Balaban J connectivity index is 1.61. The van der Waals surface area contributed by atoms with Gasteiger partial charge in [-0.05, 0) is 48.7 Å². The second kappa shape index (κ2) is 9.68. The number of carbonyl (C=O) groups excluding carboxylic acids is 3. The molecule has 0 bridgehead atoms. The number of amides is 2. The van der Waals surface area contributed by atoms with Gasteiger partial charge in [0.15, 0.2) is 5.78 Å². The molecule has 0 saturated carbocycles. The van der Waals surface area contributed by atoms with Crippen molar-refractivity contribution in [2.24, 2.45) is 5.73 Å². The van der Waals surface area contributed by atoms with Crippen molar-refractivity contribution in [1.29, 1.82) is 0 Å². The lowest BCUT2D eigenvalue weighted by Crippen LogP contribution is -2.45. The number of rotatable bonds is 7. The number of ketones is 1. The van der Waals surface area contributed by atoms with Gasteiger partial charge in [-0.25, -0.2) is 0 Å². The Hall–Kier alpha value is -4.04. The molecule has 2 aliphatic rings. The number of para-hydroxylation sites is 1. The first kappa shape index (κ1) is 22.7. The first-order valence-electron chi connectivity index (χ1n) is 11.5. The third-order valence-electron chi connectivity index (χ3n) is 6.51. The SMILES string of the molecule is NC(=O)c1cccc(Oc2ccccc2)c1C(Cc1cccnc1)C(=O)N1CCC2OCC(=O)C21. The Labute approximate surface area is 202 Å². The standard InChI is InChI=1S/C27H25N3O5/c28-26(32)19-9-4-10-22(35-18-7-2-1-3-8-18)24(19)20(14-17-6-5-12-29-15-17)27(33)30-13-11-23-25(30)21(31)16-34-23/h1-10,12,15,20,23,25H,11,13-14,16H2,(H2,28,32). The lowest BCUT2D eigenvalue weighted by Gasteiger charge is -2.29. The van der Waals surface area contributed by atoms with E-state index in [0.29, 0.717) is 30.0 Å². The highest BCUT2D eigenvalue weighted by Crippen LogP contribution is 2.38. The number of ether oxygens (including phenoxy) is 2. The molecule has 3 atom stereocenters. The van der Waals surface area contributed by atoms with Crippen LogP contribution >= 0.6 is 0 Å². The number of likely N-dealkylation sites (tertiary alicyclic amines) is 1. The van der Waals surface area contributed by atoms with Gasteiger partial charge in [-0.15, -0.1) is 0 Å². The van der Waals surface area contributed by atoms with Gasteiger partial charge >= 0.3 is 0 Å². The minimum Gasteiger partial charge on any atom is -0.457 e. The number of aromatic nitrogens is 1. The molecular weight excluding hydrogens is 446 g/mol. The number of nitrogens with two attached hydrogens (primary N) is 1. The summed E-state index contributed by atoms with van der Waals surface area (Å²) < 4.78 is 11.7. The number of fused-ring (bicyclic) bond motifs is 1. The molecule has 3 heterocycles. The zero-order valence-electron chi connectivity index (χ0n) is 19.0. The smallest absolute Gasteiger partial charge is 0.249 e. The summed E-state index contributed by atoms with van der Waals surface area (Å²) in [5.74, 6) is -0.949. The Bertz CT molecular complexity index is 1250. The quantitative estimate of drug-likeness (QED) is 0.567. The van der Waals surface area contributed by atoms with E-state index in [-0.39, 0.29) is 36.4 Å². The minimum absolute atomic E-state index is 0.00657. The predicted octanol–water partition coefficient (Wildman–Crippen LogP) is 2.87. The van der Waals surface area contributed by atoms with Gasteiger partial charge in [-0.1, -0.05) is 30.3 Å². The molecule has 178 valence electrons. The van der Waals surface area contributed by atoms with Crippen LogP contribution < -0.4 is 10.5 Å². The van der Waals surface area contributed by atoms with Crippen LogP contribution in [0.4, 0.5) is 0 Å². The van der Waals surface area contributed by atoms with Gasteiger partial charge in [0.05, 0.1) is 12.0 Å². The van der Waals surface area contributed by atoms with E-state index in [0.717, 1.165) is 5.56 Å². The van der Waals surface area contributed by atoms with E-state index in [2.05, 4.69) is 4.98 Å². The normalized spacial score (nSPS) is 19.9. The molecule has 0 aliphatic carbocycles. The van der Waals surface area contributed by atoms with Gasteiger partial charge in [0.25, 0.3) is 0 Å². The lowest BCUT2D eigenvalue weighted by molar-refractivity contribution is -0.137. The molecule has 0 spiro atoms. The minimum atomic E-state index is -0.825. The topological polar surface area (TPSA) is 112 Å². The van der Waals surface area contributed by atoms with Crippen LogP contribution in [0.3, 0.4) is 0 Å². The first-order chi connectivity index (χ1) is 17.0. The molecule has 5 rings (SSSR count). The largest absolute Gasteiger partial charge is 0.457 e. The molecular formula is C27H25N3O5. The number of benzene rings is 2. The number of nitrogens with zero attached hydrogens (tertiary/aromatic N) is 2. The van der Waals surface area contributed by atoms with Gasteiger partial charge in [-0.3, -0.25) is 19.4 Å². The zero-order valence-corrected chi connectivity index (χ0v) is 19.0. The molecule has 2 aromatic carbocycles. The van der Waals surface area contributed by atoms with Crippen molar-refractivity contribution in [2.75, 3.05) is 13.2 Å². The molecule has 3 aromatic rings. The molecule has 2 saturated heterocycles. The molecule has 1 aromatic heterocycles. The summed E-state index contributed by atoms with van der Waals surface area (Å²) in [5, 5.41) is 0. The van der Waals surface area contributed by atoms with Crippen LogP contribution in [-0.2, 0) is 20.7 Å². The predicted molar refractivity (Wildman–Crippen MR) is 127 cm³/mol. The van der Waals surface area contributed by atoms with Crippen molar-refractivity contribution < 1.29 is 23.9 Å². The number of carbonyl (C=O) groups is 3. The molecule has 8 heteroatoms. The van der Waals surface area contributed by atoms with Crippen LogP contribution in [0.2, 0.25) is 0 Å². The summed E-state index contributed by atoms with van der Waals surface area (Å²) >= 11 is 0. The Kier molecular flexibility index (Phi) is 6.29. The fourth-order valence-corrected chi connectivity index (χ4v) is 4.93. The van der Waals surface area contributed by atoms with Crippen LogP contribution in [0.15, 0.2) is 73.1 Å². The van der Waals surface area contributed by atoms with Crippen molar-refractivity contribution in [3.05, 3.63) is 89.7 Å². The van der Waals surface area contributed by atoms with Gasteiger partial charge in [0, 0.05) is 30.1 Å². The second-order valence-electron chi connectivity index (χ2n) is 8.70. The molecule has 35 heavy (non-hydrogen) atoms. The number of primary amides is 1. The van der Waals surface area contributed by atoms with Crippen LogP contribution in [0, 0.1) is 0 Å². The lowest BCUT2D eigenvalue weighted by atomic mass is 9.86. The van der Waals surface area contributed by atoms with Gasteiger partial charge in [0.1, 0.15) is 24.1 Å². The highest BCUT2D eigenvalue weighted by Gasteiger charge is 2.48. The van der Waals surface area contributed by atoms with Crippen LogP contribution in [0.25, 0.3) is 0 Å². The number of hydrogen-bond acceptors (Lipinski definition) is 6. The van der Waals surface area contributed by atoms with E-state index in [9.17, 15) is 14.4 Å². The molecule has 2 fully saturated rings. The number of hydrogen-bond donors (Lipinski definition) is 1.